The Balaban J connectivity index is 1.36. The van der Waals surface area contributed by atoms with E-state index in [4.69, 9.17) is 21.3 Å². The van der Waals surface area contributed by atoms with Gasteiger partial charge in [-0.1, -0.05) is 11.6 Å². The molecule has 7 nitrogen and oxygen atoms in total. The number of likely N-dealkylation sites (tertiary alicyclic amines) is 1. The first-order valence-electron chi connectivity index (χ1n) is 10.2. The Kier molecular flexibility index (Phi) is 5.11. The van der Waals surface area contributed by atoms with Crippen molar-refractivity contribution in [2.24, 2.45) is 0 Å². The number of H-pyrrole nitrogens is 1. The molecule has 2 saturated heterocycles. The zero-order valence-corrected chi connectivity index (χ0v) is 17.2. The lowest BCUT2D eigenvalue weighted by Gasteiger charge is -2.35. The molecule has 0 bridgehead atoms. The zero-order valence-electron chi connectivity index (χ0n) is 16.5. The summed E-state index contributed by atoms with van der Waals surface area (Å²) in [6.07, 6.45) is 6.94. The molecule has 1 aromatic carbocycles. The van der Waals surface area contributed by atoms with Crippen LogP contribution < -0.4 is 5.32 Å². The standard InChI is InChI=1S/C21H25ClN6O/c1-13-20(11-24-27-13)26-21-23-10-15-8-18(22)17(9-19(15)25-21)14-2-5-28(6-3-14)16-4-7-29-12-16/h8-11,14,16H,2-7,12H2,1H3,(H,24,27)(H,23,25,26). The molecule has 0 saturated carbocycles. The molecule has 2 aromatic heterocycles. The number of anilines is 2. The van der Waals surface area contributed by atoms with Gasteiger partial charge in [0.1, 0.15) is 0 Å². The number of rotatable bonds is 4. The van der Waals surface area contributed by atoms with Gasteiger partial charge < -0.3 is 10.1 Å². The molecule has 1 atom stereocenters. The summed E-state index contributed by atoms with van der Waals surface area (Å²) in [5, 5.41) is 11.9. The fourth-order valence-electron chi connectivity index (χ4n) is 4.42. The van der Waals surface area contributed by atoms with Crippen LogP contribution in [0.15, 0.2) is 24.5 Å². The van der Waals surface area contributed by atoms with Crippen molar-refractivity contribution in [2.45, 2.75) is 38.1 Å². The summed E-state index contributed by atoms with van der Waals surface area (Å²) in [7, 11) is 0. The van der Waals surface area contributed by atoms with Crippen LogP contribution in [0.2, 0.25) is 5.02 Å². The molecule has 29 heavy (non-hydrogen) atoms. The number of hydrogen-bond acceptors (Lipinski definition) is 6. The normalized spacial score (nSPS) is 21.1. The maximum Gasteiger partial charge on any atom is 0.227 e. The summed E-state index contributed by atoms with van der Waals surface area (Å²) < 4.78 is 5.56. The minimum absolute atomic E-state index is 0.466. The Bertz CT molecular complexity index is 1010. The molecule has 3 aromatic rings. The van der Waals surface area contributed by atoms with Crippen LogP contribution in [-0.4, -0.2) is 57.4 Å². The molecule has 2 aliphatic rings. The molecule has 0 amide bonds. The molecule has 0 aliphatic carbocycles. The molecule has 5 rings (SSSR count). The predicted molar refractivity (Wildman–Crippen MR) is 114 cm³/mol. The second kappa shape index (κ2) is 7.89. The van der Waals surface area contributed by atoms with Crippen LogP contribution in [-0.2, 0) is 4.74 Å². The monoisotopic (exact) mass is 412 g/mol. The fourth-order valence-corrected chi connectivity index (χ4v) is 4.75. The molecular weight excluding hydrogens is 388 g/mol. The molecule has 2 aliphatic heterocycles. The lowest BCUT2D eigenvalue weighted by Crippen LogP contribution is -2.41. The second-order valence-electron chi connectivity index (χ2n) is 7.99. The second-order valence-corrected chi connectivity index (χ2v) is 8.39. The van der Waals surface area contributed by atoms with Gasteiger partial charge in [0.25, 0.3) is 0 Å². The number of aryl methyl sites for hydroxylation is 1. The van der Waals surface area contributed by atoms with Crippen LogP contribution in [0, 0.1) is 6.92 Å². The summed E-state index contributed by atoms with van der Waals surface area (Å²) in [6.45, 7) is 5.94. The Morgan fingerprint density at radius 1 is 1.21 bits per heavy atom. The molecule has 8 heteroatoms. The van der Waals surface area contributed by atoms with Crippen molar-refractivity contribution in [3.8, 4) is 0 Å². The van der Waals surface area contributed by atoms with E-state index >= 15 is 0 Å². The van der Waals surface area contributed by atoms with Crippen molar-refractivity contribution in [1.29, 1.82) is 0 Å². The van der Waals surface area contributed by atoms with E-state index in [2.05, 4.69) is 31.5 Å². The van der Waals surface area contributed by atoms with E-state index in [9.17, 15) is 0 Å². The van der Waals surface area contributed by atoms with Gasteiger partial charge in [0.15, 0.2) is 0 Å². The smallest absolute Gasteiger partial charge is 0.227 e. The highest BCUT2D eigenvalue weighted by atomic mass is 35.5. The van der Waals surface area contributed by atoms with Gasteiger partial charge >= 0.3 is 0 Å². The minimum Gasteiger partial charge on any atom is -0.380 e. The summed E-state index contributed by atoms with van der Waals surface area (Å²) in [5.74, 6) is 1.03. The van der Waals surface area contributed by atoms with Gasteiger partial charge in [-0.25, -0.2) is 9.97 Å². The molecule has 4 heterocycles. The summed E-state index contributed by atoms with van der Waals surface area (Å²) >= 11 is 6.66. The van der Waals surface area contributed by atoms with Crippen molar-refractivity contribution in [3.05, 3.63) is 40.8 Å². The molecule has 2 fully saturated rings. The van der Waals surface area contributed by atoms with Crippen LogP contribution in [0.1, 0.15) is 36.4 Å². The van der Waals surface area contributed by atoms with Crippen LogP contribution >= 0.6 is 11.6 Å². The maximum absolute atomic E-state index is 6.66. The van der Waals surface area contributed by atoms with E-state index in [-0.39, 0.29) is 0 Å². The van der Waals surface area contributed by atoms with Gasteiger partial charge in [0.05, 0.1) is 29.7 Å². The number of halogens is 1. The maximum atomic E-state index is 6.66. The molecule has 0 spiro atoms. The lowest BCUT2D eigenvalue weighted by atomic mass is 9.88. The van der Waals surface area contributed by atoms with Gasteiger partial charge in [-0.15, -0.1) is 0 Å². The van der Waals surface area contributed by atoms with Gasteiger partial charge in [0.2, 0.25) is 5.95 Å². The topological polar surface area (TPSA) is 79.0 Å². The quantitative estimate of drug-likeness (QED) is 0.673. The number of nitrogens with one attached hydrogen (secondary N) is 2. The van der Waals surface area contributed by atoms with Gasteiger partial charge in [-0.05, 0) is 62.9 Å². The summed E-state index contributed by atoms with van der Waals surface area (Å²) in [5.41, 5.74) is 3.94. The third-order valence-corrected chi connectivity index (χ3v) is 6.49. The molecule has 2 N–H and O–H groups in total. The first-order valence-corrected chi connectivity index (χ1v) is 10.6. The SMILES string of the molecule is Cc1[nH]ncc1Nc1ncc2cc(Cl)c(C3CCN(C4CCOC4)CC3)cc2n1. The molecule has 0 radical (unpaired) electrons. The van der Waals surface area contributed by atoms with E-state index in [1.54, 1.807) is 6.20 Å². The average molecular weight is 413 g/mol. The fraction of sp³-hybridized carbons (Fsp3) is 0.476. The third kappa shape index (κ3) is 3.82. The number of aromatic amines is 1. The molecule has 1 unspecified atom stereocenters. The Morgan fingerprint density at radius 3 is 2.79 bits per heavy atom. The van der Waals surface area contributed by atoms with Crippen molar-refractivity contribution >= 4 is 34.1 Å². The Labute approximate surface area is 174 Å². The number of nitrogens with zero attached hydrogens (tertiary/aromatic N) is 4. The van der Waals surface area contributed by atoms with Gasteiger partial charge in [-0.2, -0.15) is 5.10 Å². The predicted octanol–water partition coefficient (Wildman–Crippen LogP) is 4.03. The highest BCUT2D eigenvalue weighted by Gasteiger charge is 2.29. The number of piperidine rings is 1. The largest absolute Gasteiger partial charge is 0.380 e. The highest BCUT2D eigenvalue weighted by molar-refractivity contribution is 6.32. The summed E-state index contributed by atoms with van der Waals surface area (Å²) in [6, 6.07) is 4.73. The number of aromatic nitrogens is 4. The minimum atomic E-state index is 0.466. The van der Waals surface area contributed by atoms with E-state index in [1.165, 1.54) is 5.56 Å². The Hall–Kier alpha value is -2.22. The van der Waals surface area contributed by atoms with Crippen molar-refractivity contribution < 1.29 is 4.74 Å². The van der Waals surface area contributed by atoms with E-state index in [0.717, 1.165) is 72.9 Å². The molecule has 152 valence electrons. The van der Waals surface area contributed by atoms with Crippen LogP contribution in [0.4, 0.5) is 11.6 Å². The van der Waals surface area contributed by atoms with E-state index < -0.39 is 0 Å². The molecular formula is C21H25ClN6O. The number of fused-ring (bicyclic) bond motifs is 1. The van der Waals surface area contributed by atoms with Crippen LogP contribution in [0.3, 0.4) is 0 Å². The third-order valence-electron chi connectivity index (χ3n) is 6.17. The van der Waals surface area contributed by atoms with Crippen LogP contribution in [0.5, 0.6) is 0 Å². The average Bonchev–Trinajstić information content (AvgIpc) is 3.40. The van der Waals surface area contributed by atoms with Crippen molar-refractivity contribution in [1.82, 2.24) is 25.1 Å². The number of benzene rings is 1. The number of hydrogen-bond donors (Lipinski definition) is 2. The summed E-state index contributed by atoms with van der Waals surface area (Å²) in [4.78, 5) is 11.7. The van der Waals surface area contributed by atoms with Crippen molar-refractivity contribution in [3.63, 3.8) is 0 Å². The van der Waals surface area contributed by atoms with Crippen molar-refractivity contribution in [2.75, 3.05) is 31.6 Å². The first-order chi connectivity index (χ1) is 14.2. The number of ether oxygens (including phenoxy) is 1. The zero-order chi connectivity index (χ0) is 19.8. The van der Waals surface area contributed by atoms with E-state index in [0.29, 0.717) is 17.9 Å². The van der Waals surface area contributed by atoms with Gasteiger partial charge in [-0.3, -0.25) is 10.00 Å². The van der Waals surface area contributed by atoms with E-state index in [1.807, 2.05) is 19.2 Å². The lowest BCUT2D eigenvalue weighted by molar-refractivity contribution is 0.122. The first kappa shape index (κ1) is 18.8. The van der Waals surface area contributed by atoms with Gasteiger partial charge in [0, 0.05) is 29.3 Å². The Morgan fingerprint density at radius 2 is 2.07 bits per heavy atom. The van der Waals surface area contributed by atoms with Crippen LogP contribution in [0.25, 0.3) is 10.9 Å². The highest BCUT2D eigenvalue weighted by Crippen LogP contribution is 2.36.